The Labute approximate surface area is 161 Å². The molecular formula is C16H23ClO10. The van der Waals surface area contributed by atoms with Crippen LogP contribution in [0.1, 0.15) is 34.6 Å². The van der Waals surface area contributed by atoms with Crippen LogP contribution >= 0.6 is 11.6 Å². The van der Waals surface area contributed by atoms with Crippen molar-refractivity contribution in [1.29, 1.82) is 0 Å². The van der Waals surface area contributed by atoms with Crippen molar-refractivity contribution in [1.82, 2.24) is 0 Å². The van der Waals surface area contributed by atoms with Gasteiger partial charge in [0.15, 0.2) is 24.4 Å². The molecule has 0 saturated carbocycles. The molecule has 154 valence electrons. The first-order valence-corrected chi connectivity index (χ1v) is 8.39. The first kappa shape index (κ1) is 24.6. The summed E-state index contributed by atoms with van der Waals surface area (Å²) in [4.78, 5) is 56.9. The van der Waals surface area contributed by atoms with Crippen LogP contribution in [0, 0.1) is 0 Å². The lowest BCUT2D eigenvalue weighted by Gasteiger charge is -2.34. The Balaban J connectivity index is 5.96. The average molecular weight is 411 g/mol. The molecule has 0 bridgehead atoms. The molecule has 27 heavy (non-hydrogen) atoms. The first-order chi connectivity index (χ1) is 12.5. The summed E-state index contributed by atoms with van der Waals surface area (Å²) in [5, 5.41) is 0. The van der Waals surface area contributed by atoms with Crippen molar-refractivity contribution in [2.75, 3.05) is 12.5 Å². The molecule has 0 saturated heterocycles. The van der Waals surface area contributed by atoms with Gasteiger partial charge in [0.2, 0.25) is 0 Å². The summed E-state index contributed by atoms with van der Waals surface area (Å²) in [5.74, 6) is -4.13. The summed E-state index contributed by atoms with van der Waals surface area (Å²) in [6.45, 7) is 4.94. The van der Waals surface area contributed by atoms with Crippen LogP contribution in [0.4, 0.5) is 0 Å². The van der Waals surface area contributed by atoms with Gasteiger partial charge in [-0.25, -0.2) is 0 Å². The molecule has 0 heterocycles. The molecule has 4 atom stereocenters. The van der Waals surface area contributed by atoms with E-state index in [-0.39, 0.29) is 5.88 Å². The summed E-state index contributed by atoms with van der Waals surface area (Å²) >= 11 is 5.81. The highest BCUT2D eigenvalue weighted by molar-refractivity contribution is 6.18. The van der Waals surface area contributed by atoms with Crippen LogP contribution < -0.4 is 0 Å². The number of carbonyl (C=O) groups is 5. The van der Waals surface area contributed by atoms with Gasteiger partial charge in [0, 0.05) is 34.6 Å². The summed E-state index contributed by atoms with van der Waals surface area (Å²) in [6.07, 6.45) is -5.46. The fourth-order valence-electron chi connectivity index (χ4n) is 2.10. The molecule has 11 heteroatoms. The molecular weight excluding hydrogens is 388 g/mol. The Bertz CT molecular complexity index is 561. The van der Waals surface area contributed by atoms with E-state index >= 15 is 0 Å². The molecule has 0 unspecified atom stereocenters. The van der Waals surface area contributed by atoms with E-state index in [9.17, 15) is 24.0 Å². The highest BCUT2D eigenvalue weighted by Crippen LogP contribution is 2.21. The summed E-state index contributed by atoms with van der Waals surface area (Å²) in [6, 6.07) is 0. The van der Waals surface area contributed by atoms with Gasteiger partial charge in [-0.15, -0.1) is 11.6 Å². The maximum atomic E-state index is 11.6. The molecule has 0 aromatic rings. The van der Waals surface area contributed by atoms with Crippen LogP contribution in [0.5, 0.6) is 0 Å². The monoisotopic (exact) mass is 410 g/mol. The zero-order chi connectivity index (χ0) is 21.1. The minimum absolute atomic E-state index is 0.324. The van der Waals surface area contributed by atoms with Crippen molar-refractivity contribution in [2.45, 2.75) is 59.0 Å². The van der Waals surface area contributed by atoms with E-state index in [1.54, 1.807) is 0 Å². The maximum Gasteiger partial charge on any atom is 0.303 e. The van der Waals surface area contributed by atoms with E-state index < -0.39 is 60.9 Å². The van der Waals surface area contributed by atoms with E-state index in [4.69, 9.17) is 35.3 Å². The molecule has 0 radical (unpaired) electrons. The van der Waals surface area contributed by atoms with E-state index in [1.165, 1.54) is 0 Å². The molecule has 0 N–H and O–H groups in total. The Morgan fingerprint density at radius 2 is 1.00 bits per heavy atom. The van der Waals surface area contributed by atoms with Crippen molar-refractivity contribution in [3.05, 3.63) is 0 Å². The van der Waals surface area contributed by atoms with Crippen molar-refractivity contribution in [3.8, 4) is 0 Å². The molecule has 0 rings (SSSR count). The van der Waals surface area contributed by atoms with Gasteiger partial charge < -0.3 is 23.7 Å². The van der Waals surface area contributed by atoms with E-state index in [0.29, 0.717) is 0 Å². The molecule has 0 aliphatic carbocycles. The van der Waals surface area contributed by atoms with Crippen LogP contribution in [0.25, 0.3) is 0 Å². The maximum absolute atomic E-state index is 11.6. The molecule has 0 fully saturated rings. The second kappa shape index (κ2) is 12.1. The van der Waals surface area contributed by atoms with Crippen molar-refractivity contribution >= 4 is 41.4 Å². The van der Waals surface area contributed by atoms with Gasteiger partial charge in [-0.2, -0.15) is 0 Å². The Morgan fingerprint density at radius 3 is 1.33 bits per heavy atom. The number of hydrogen-bond acceptors (Lipinski definition) is 10. The number of rotatable bonds is 10. The molecule has 10 nitrogen and oxygen atoms in total. The number of hydrogen-bond donors (Lipinski definition) is 0. The van der Waals surface area contributed by atoms with Crippen LogP contribution in [-0.4, -0.2) is 66.7 Å². The van der Waals surface area contributed by atoms with Crippen molar-refractivity contribution in [3.63, 3.8) is 0 Å². The number of halogens is 1. The third-order valence-electron chi connectivity index (χ3n) is 2.90. The normalized spacial score (nSPS) is 14.7. The smallest absolute Gasteiger partial charge is 0.303 e. The van der Waals surface area contributed by atoms with Gasteiger partial charge in [-0.3, -0.25) is 24.0 Å². The fourth-order valence-corrected chi connectivity index (χ4v) is 2.34. The standard InChI is InChI=1S/C16H23ClO10/c1-8(18)23-7-14(25-10(3)20)16(27-12(5)22)15(26-11(4)21)13(6-17)24-9(2)19/h13-16H,6-7H2,1-5H3/t13-,14-,15-,16-/m0/s1. The number of ether oxygens (including phenoxy) is 5. The molecule has 0 spiro atoms. The highest BCUT2D eigenvalue weighted by atomic mass is 35.5. The Morgan fingerprint density at radius 1 is 0.630 bits per heavy atom. The zero-order valence-electron chi connectivity index (χ0n) is 15.7. The van der Waals surface area contributed by atoms with Crippen LogP contribution in [-0.2, 0) is 47.7 Å². The number of alkyl halides is 1. The van der Waals surface area contributed by atoms with Crippen LogP contribution in [0.3, 0.4) is 0 Å². The lowest BCUT2D eigenvalue weighted by Crippen LogP contribution is -2.53. The summed E-state index contributed by atoms with van der Waals surface area (Å²) in [5.41, 5.74) is 0. The summed E-state index contributed by atoms with van der Waals surface area (Å²) < 4.78 is 25.2. The van der Waals surface area contributed by atoms with Crippen LogP contribution in [0.15, 0.2) is 0 Å². The zero-order valence-corrected chi connectivity index (χ0v) is 16.4. The first-order valence-electron chi connectivity index (χ1n) is 7.86. The van der Waals surface area contributed by atoms with Gasteiger partial charge in [0.1, 0.15) is 6.61 Å². The largest absolute Gasteiger partial charge is 0.462 e. The quantitative estimate of drug-likeness (QED) is 0.285. The average Bonchev–Trinajstić information content (AvgIpc) is 2.51. The lowest BCUT2D eigenvalue weighted by atomic mass is 10.0. The second-order valence-corrected chi connectivity index (χ2v) is 5.71. The Hall–Kier alpha value is -2.36. The summed E-state index contributed by atoms with van der Waals surface area (Å²) in [7, 11) is 0. The fraction of sp³-hybridized carbons (Fsp3) is 0.688. The number of carbonyl (C=O) groups excluding carboxylic acids is 5. The van der Waals surface area contributed by atoms with Gasteiger partial charge in [-0.05, 0) is 0 Å². The van der Waals surface area contributed by atoms with Gasteiger partial charge in [0.05, 0.1) is 5.88 Å². The predicted molar refractivity (Wildman–Crippen MR) is 89.6 cm³/mol. The molecule has 0 aliphatic heterocycles. The molecule has 0 amide bonds. The van der Waals surface area contributed by atoms with E-state index in [1.807, 2.05) is 0 Å². The third kappa shape index (κ3) is 10.4. The van der Waals surface area contributed by atoms with E-state index in [0.717, 1.165) is 34.6 Å². The SMILES string of the molecule is CC(=O)OC[C@H](OC(C)=O)[C@H](OC(C)=O)[C@@H](OC(C)=O)[C@H](CCl)OC(C)=O. The molecule has 0 aromatic heterocycles. The molecule has 0 aromatic carbocycles. The minimum Gasteiger partial charge on any atom is -0.462 e. The lowest BCUT2D eigenvalue weighted by molar-refractivity contribution is -0.201. The van der Waals surface area contributed by atoms with Gasteiger partial charge >= 0.3 is 29.8 Å². The van der Waals surface area contributed by atoms with Gasteiger partial charge in [-0.1, -0.05) is 0 Å². The second-order valence-electron chi connectivity index (χ2n) is 5.40. The topological polar surface area (TPSA) is 132 Å². The van der Waals surface area contributed by atoms with Gasteiger partial charge in [0.25, 0.3) is 0 Å². The Kier molecular flexibility index (Phi) is 11.0. The number of esters is 5. The van der Waals surface area contributed by atoms with E-state index in [2.05, 4.69) is 0 Å². The highest BCUT2D eigenvalue weighted by Gasteiger charge is 2.43. The van der Waals surface area contributed by atoms with Crippen LogP contribution in [0.2, 0.25) is 0 Å². The van der Waals surface area contributed by atoms with Crippen molar-refractivity contribution < 1.29 is 47.7 Å². The predicted octanol–water partition coefficient (Wildman–Crippen LogP) is 0.515. The molecule has 0 aliphatic rings. The van der Waals surface area contributed by atoms with Crippen molar-refractivity contribution in [2.24, 2.45) is 0 Å². The minimum atomic E-state index is -1.46. The third-order valence-corrected chi connectivity index (χ3v) is 3.20.